The minimum atomic E-state index is -0.660. The molecule has 0 unspecified atom stereocenters. The number of rotatable bonds is 3. The van der Waals surface area contributed by atoms with E-state index in [1.54, 1.807) is 0 Å². The highest BCUT2D eigenvalue weighted by Gasteiger charge is 2.04. The Hall–Kier alpha value is -0.990. The monoisotopic (exact) mass is 158 g/mol. The predicted octanol–water partition coefficient (Wildman–Crippen LogP) is 1.98. The lowest BCUT2D eigenvalue weighted by Crippen LogP contribution is -2.09. The molecule has 0 saturated heterocycles. The van der Waals surface area contributed by atoms with Crippen molar-refractivity contribution in [3.63, 3.8) is 0 Å². The average Bonchev–Trinajstić information content (AvgIpc) is 1.99. The van der Waals surface area contributed by atoms with E-state index in [1.807, 2.05) is 13.8 Å². The molecule has 3 nitrogen and oxygen atoms in total. The van der Waals surface area contributed by atoms with Gasteiger partial charge in [-0.05, 0) is 11.5 Å². The minimum absolute atomic E-state index is 0.240. The van der Waals surface area contributed by atoms with E-state index in [-0.39, 0.29) is 6.61 Å². The fourth-order valence-corrected chi connectivity index (χ4v) is 0.377. The van der Waals surface area contributed by atoms with Crippen LogP contribution in [0.25, 0.3) is 0 Å². The van der Waals surface area contributed by atoms with Crippen molar-refractivity contribution in [1.29, 1.82) is 0 Å². The topological polar surface area (TPSA) is 35.5 Å². The zero-order chi connectivity index (χ0) is 8.85. The van der Waals surface area contributed by atoms with E-state index in [1.165, 1.54) is 7.11 Å². The van der Waals surface area contributed by atoms with E-state index in [0.29, 0.717) is 5.92 Å². The summed E-state index contributed by atoms with van der Waals surface area (Å²) >= 11 is 0. The maximum absolute atomic E-state index is 10.5. The lowest BCUT2D eigenvalue weighted by atomic mass is 10.1. The minimum Gasteiger partial charge on any atom is -0.438 e. The van der Waals surface area contributed by atoms with Crippen LogP contribution in [0.1, 0.15) is 13.8 Å². The summed E-state index contributed by atoms with van der Waals surface area (Å²) < 4.78 is 8.93. The van der Waals surface area contributed by atoms with Crippen LogP contribution in [-0.2, 0) is 9.47 Å². The Morgan fingerprint density at radius 3 is 2.45 bits per heavy atom. The van der Waals surface area contributed by atoms with Crippen LogP contribution >= 0.6 is 0 Å². The Balaban J connectivity index is 3.54. The van der Waals surface area contributed by atoms with Crippen LogP contribution in [0.15, 0.2) is 12.2 Å². The van der Waals surface area contributed by atoms with Crippen molar-refractivity contribution in [2.75, 3.05) is 13.7 Å². The SMILES string of the molecule is C=C(COC(=O)OC)C(C)C. The van der Waals surface area contributed by atoms with Crippen molar-refractivity contribution in [1.82, 2.24) is 0 Å². The lowest BCUT2D eigenvalue weighted by Gasteiger charge is -2.08. The highest BCUT2D eigenvalue weighted by atomic mass is 16.7. The zero-order valence-electron chi connectivity index (χ0n) is 7.22. The first-order valence-corrected chi connectivity index (χ1v) is 3.46. The molecule has 3 heteroatoms. The van der Waals surface area contributed by atoms with E-state index >= 15 is 0 Å². The van der Waals surface area contributed by atoms with E-state index < -0.39 is 6.16 Å². The van der Waals surface area contributed by atoms with Gasteiger partial charge in [-0.1, -0.05) is 20.4 Å². The molecule has 0 saturated carbocycles. The fourth-order valence-electron chi connectivity index (χ4n) is 0.377. The number of ether oxygens (including phenoxy) is 2. The molecule has 64 valence electrons. The first-order chi connectivity index (χ1) is 5.07. The van der Waals surface area contributed by atoms with Gasteiger partial charge in [-0.3, -0.25) is 0 Å². The molecule has 0 aromatic heterocycles. The molecule has 0 aromatic carbocycles. The normalized spacial score (nSPS) is 9.45. The van der Waals surface area contributed by atoms with Gasteiger partial charge in [0.15, 0.2) is 0 Å². The standard InChI is InChI=1S/C8H14O3/c1-6(2)7(3)5-11-8(9)10-4/h6H,3,5H2,1-2,4H3. The van der Waals surface area contributed by atoms with Crippen LogP contribution < -0.4 is 0 Å². The molecule has 0 aromatic rings. The van der Waals surface area contributed by atoms with Crippen molar-refractivity contribution >= 4 is 6.16 Å². The molecule has 0 radical (unpaired) electrons. The Kier molecular flexibility index (Phi) is 4.34. The van der Waals surface area contributed by atoms with Gasteiger partial charge in [0, 0.05) is 0 Å². The summed E-state index contributed by atoms with van der Waals surface area (Å²) in [5.74, 6) is 0.333. The van der Waals surface area contributed by atoms with Gasteiger partial charge < -0.3 is 9.47 Å². The van der Waals surface area contributed by atoms with Gasteiger partial charge >= 0.3 is 6.16 Å². The summed E-state index contributed by atoms with van der Waals surface area (Å²) in [4.78, 5) is 10.5. The largest absolute Gasteiger partial charge is 0.508 e. The van der Waals surface area contributed by atoms with Crippen LogP contribution in [0, 0.1) is 5.92 Å². The summed E-state index contributed by atoms with van der Waals surface area (Å²) in [6, 6.07) is 0. The molecule has 0 aliphatic rings. The third kappa shape index (κ3) is 4.42. The second-order valence-electron chi connectivity index (χ2n) is 2.56. The molecular formula is C8H14O3. The fraction of sp³-hybridized carbons (Fsp3) is 0.625. The van der Waals surface area contributed by atoms with Gasteiger partial charge in [-0.25, -0.2) is 4.79 Å². The average molecular weight is 158 g/mol. The number of carbonyl (C=O) groups excluding carboxylic acids is 1. The lowest BCUT2D eigenvalue weighted by molar-refractivity contribution is 0.0786. The third-order valence-corrected chi connectivity index (χ3v) is 1.36. The molecule has 0 aliphatic heterocycles. The molecule has 0 fully saturated rings. The van der Waals surface area contributed by atoms with Crippen molar-refractivity contribution in [3.05, 3.63) is 12.2 Å². The van der Waals surface area contributed by atoms with E-state index in [2.05, 4.69) is 16.1 Å². The van der Waals surface area contributed by atoms with Crippen LogP contribution in [-0.4, -0.2) is 19.9 Å². The van der Waals surface area contributed by atoms with Crippen molar-refractivity contribution in [2.24, 2.45) is 5.92 Å². The molecule has 0 bridgehead atoms. The van der Waals surface area contributed by atoms with E-state index in [0.717, 1.165) is 5.57 Å². The van der Waals surface area contributed by atoms with Crippen molar-refractivity contribution in [3.8, 4) is 0 Å². The molecule has 0 atom stereocenters. The Bertz CT molecular complexity index is 149. The molecule has 0 rings (SSSR count). The van der Waals surface area contributed by atoms with Crippen molar-refractivity contribution < 1.29 is 14.3 Å². The number of methoxy groups -OCH3 is 1. The molecule has 0 N–H and O–H groups in total. The van der Waals surface area contributed by atoms with E-state index in [4.69, 9.17) is 0 Å². The second-order valence-corrected chi connectivity index (χ2v) is 2.56. The second kappa shape index (κ2) is 4.77. The van der Waals surface area contributed by atoms with Gasteiger partial charge in [-0.15, -0.1) is 0 Å². The van der Waals surface area contributed by atoms with Gasteiger partial charge in [-0.2, -0.15) is 0 Å². The number of hydrogen-bond donors (Lipinski definition) is 0. The third-order valence-electron chi connectivity index (χ3n) is 1.36. The maximum Gasteiger partial charge on any atom is 0.508 e. The van der Waals surface area contributed by atoms with Gasteiger partial charge in [0.2, 0.25) is 0 Å². The van der Waals surface area contributed by atoms with E-state index in [9.17, 15) is 4.79 Å². The smallest absolute Gasteiger partial charge is 0.438 e. The molecule has 11 heavy (non-hydrogen) atoms. The number of hydrogen-bond acceptors (Lipinski definition) is 3. The summed E-state index contributed by atoms with van der Waals surface area (Å²) in [5.41, 5.74) is 0.885. The highest BCUT2D eigenvalue weighted by molar-refractivity contribution is 5.59. The van der Waals surface area contributed by atoms with Gasteiger partial charge in [0.25, 0.3) is 0 Å². The molecule has 0 heterocycles. The predicted molar refractivity (Wildman–Crippen MR) is 42.3 cm³/mol. The summed E-state index contributed by atoms with van der Waals surface area (Å²) in [5, 5.41) is 0. The zero-order valence-corrected chi connectivity index (χ0v) is 7.22. The van der Waals surface area contributed by atoms with Crippen LogP contribution in [0.5, 0.6) is 0 Å². The summed E-state index contributed by atoms with van der Waals surface area (Å²) in [7, 11) is 1.28. The first-order valence-electron chi connectivity index (χ1n) is 3.46. The molecule has 0 amide bonds. The number of carbonyl (C=O) groups is 1. The quantitative estimate of drug-likeness (QED) is 0.465. The van der Waals surface area contributed by atoms with Crippen LogP contribution in [0.4, 0.5) is 4.79 Å². The van der Waals surface area contributed by atoms with Crippen LogP contribution in [0.3, 0.4) is 0 Å². The maximum atomic E-state index is 10.5. The van der Waals surface area contributed by atoms with Gasteiger partial charge in [0.05, 0.1) is 7.11 Å². The van der Waals surface area contributed by atoms with Crippen molar-refractivity contribution in [2.45, 2.75) is 13.8 Å². The molecular weight excluding hydrogens is 144 g/mol. The Morgan fingerprint density at radius 2 is 2.09 bits per heavy atom. The summed E-state index contributed by atoms with van der Waals surface area (Å²) in [6.07, 6.45) is -0.660. The Morgan fingerprint density at radius 1 is 1.55 bits per heavy atom. The van der Waals surface area contributed by atoms with Crippen LogP contribution in [0.2, 0.25) is 0 Å². The molecule has 0 aliphatic carbocycles. The first kappa shape index (κ1) is 10.0. The van der Waals surface area contributed by atoms with Gasteiger partial charge in [0.1, 0.15) is 6.61 Å². The summed E-state index contributed by atoms with van der Waals surface area (Å²) in [6.45, 7) is 7.95. The Labute approximate surface area is 67.0 Å². The molecule has 0 spiro atoms. The highest BCUT2D eigenvalue weighted by Crippen LogP contribution is 2.06.